The van der Waals surface area contributed by atoms with Gasteiger partial charge in [0.25, 0.3) is 0 Å². The first kappa shape index (κ1) is 16.1. The average Bonchev–Trinajstić information content (AvgIpc) is 2.40. The maximum atomic E-state index is 12.0. The minimum absolute atomic E-state index is 0.0525. The summed E-state index contributed by atoms with van der Waals surface area (Å²) in [6.07, 6.45) is 0.0525. The number of carbonyl (C=O) groups is 1. The third-order valence-corrected chi connectivity index (χ3v) is 3.62. The van der Waals surface area contributed by atoms with E-state index in [9.17, 15) is 4.79 Å². The number of likely N-dealkylation sites (N-methyl/N-ethyl adjacent to an activating group) is 1. The van der Waals surface area contributed by atoms with Crippen molar-refractivity contribution in [2.24, 2.45) is 0 Å². The molecule has 2 rings (SSSR count). The summed E-state index contributed by atoms with van der Waals surface area (Å²) in [6, 6.07) is 7.31. The van der Waals surface area contributed by atoms with E-state index < -0.39 is 0 Å². The number of methoxy groups -OCH3 is 1. The molecule has 1 aromatic carbocycles. The van der Waals surface area contributed by atoms with Crippen LogP contribution in [-0.2, 0) is 9.53 Å². The Hall–Kier alpha value is -1.30. The quantitative estimate of drug-likeness (QED) is 0.765. The molecule has 0 spiro atoms. The number of nitrogens with zero attached hydrogens (tertiary/aromatic N) is 2. The van der Waals surface area contributed by atoms with Gasteiger partial charge in [0.1, 0.15) is 11.9 Å². The summed E-state index contributed by atoms with van der Waals surface area (Å²) in [7, 11) is 3.57. The Morgan fingerprint density at radius 2 is 2.24 bits per heavy atom. The smallest absolute Gasteiger partial charge is 0.237 e. The van der Waals surface area contributed by atoms with Crippen molar-refractivity contribution in [3.8, 4) is 5.75 Å². The van der Waals surface area contributed by atoms with Crippen LogP contribution in [0.5, 0.6) is 5.75 Å². The van der Waals surface area contributed by atoms with Gasteiger partial charge in [-0.3, -0.25) is 9.69 Å². The molecule has 6 heteroatoms. The van der Waals surface area contributed by atoms with E-state index in [4.69, 9.17) is 21.1 Å². The van der Waals surface area contributed by atoms with Crippen molar-refractivity contribution in [1.29, 1.82) is 0 Å². The minimum atomic E-state index is 0.0525. The Kier molecular flexibility index (Phi) is 5.85. The zero-order chi connectivity index (χ0) is 15.2. The van der Waals surface area contributed by atoms with Crippen molar-refractivity contribution < 1.29 is 14.3 Å². The Morgan fingerprint density at radius 3 is 2.90 bits per heavy atom. The van der Waals surface area contributed by atoms with E-state index in [0.29, 0.717) is 31.3 Å². The first-order chi connectivity index (χ1) is 10.1. The standard InChI is InChI=1S/C15H21ClN2O3/c1-17(6-7-20-2)11-15(19)18-9-14(10-18)21-13-5-3-4-12(16)8-13/h3-5,8,14H,6-7,9-11H2,1-2H3. The number of rotatable bonds is 7. The number of hydrogen-bond donors (Lipinski definition) is 0. The van der Waals surface area contributed by atoms with Crippen molar-refractivity contribution in [3.05, 3.63) is 29.3 Å². The molecular weight excluding hydrogens is 292 g/mol. The Labute approximate surface area is 130 Å². The molecule has 21 heavy (non-hydrogen) atoms. The van der Waals surface area contributed by atoms with Crippen molar-refractivity contribution in [2.45, 2.75) is 6.10 Å². The molecule has 0 saturated carbocycles. The van der Waals surface area contributed by atoms with E-state index in [1.807, 2.05) is 24.1 Å². The molecule has 0 N–H and O–H groups in total. The van der Waals surface area contributed by atoms with Crippen molar-refractivity contribution in [2.75, 3.05) is 46.9 Å². The fourth-order valence-electron chi connectivity index (χ4n) is 2.11. The number of ether oxygens (including phenoxy) is 2. The first-order valence-electron chi connectivity index (χ1n) is 6.96. The molecule has 5 nitrogen and oxygen atoms in total. The maximum Gasteiger partial charge on any atom is 0.237 e. The Morgan fingerprint density at radius 1 is 1.48 bits per heavy atom. The van der Waals surface area contributed by atoms with Gasteiger partial charge in [-0.05, 0) is 25.2 Å². The predicted octanol–water partition coefficient (Wildman–Crippen LogP) is 1.51. The normalized spacial score (nSPS) is 15.1. The molecule has 0 radical (unpaired) electrons. The van der Waals surface area contributed by atoms with Crippen LogP contribution < -0.4 is 4.74 Å². The van der Waals surface area contributed by atoms with Gasteiger partial charge in [-0.2, -0.15) is 0 Å². The molecule has 1 amide bonds. The average molecular weight is 313 g/mol. The number of likely N-dealkylation sites (tertiary alicyclic amines) is 1. The molecule has 0 aliphatic carbocycles. The zero-order valence-corrected chi connectivity index (χ0v) is 13.2. The van der Waals surface area contributed by atoms with Gasteiger partial charge in [0.15, 0.2) is 0 Å². The van der Waals surface area contributed by atoms with E-state index >= 15 is 0 Å². The van der Waals surface area contributed by atoms with Crippen LogP contribution in [0.1, 0.15) is 0 Å². The monoisotopic (exact) mass is 312 g/mol. The van der Waals surface area contributed by atoms with E-state index in [-0.39, 0.29) is 12.0 Å². The predicted molar refractivity (Wildman–Crippen MR) is 81.8 cm³/mol. The van der Waals surface area contributed by atoms with Crippen LogP contribution >= 0.6 is 11.6 Å². The number of amides is 1. The van der Waals surface area contributed by atoms with E-state index in [1.165, 1.54) is 0 Å². The molecular formula is C15H21ClN2O3. The second kappa shape index (κ2) is 7.64. The molecule has 116 valence electrons. The van der Waals surface area contributed by atoms with Crippen LogP contribution in [0.25, 0.3) is 0 Å². The van der Waals surface area contributed by atoms with Gasteiger partial charge < -0.3 is 14.4 Å². The lowest BCUT2D eigenvalue weighted by Crippen LogP contribution is -2.58. The highest BCUT2D eigenvalue weighted by Gasteiger charge is 2.32. The van der Waals surface area contributed by atoms with Crippen LogP contribution in [0.2, 0.25) is 5.02 Å². The van der Waals surface area contributed by atoms with Gasteiger partial charge in [-0.25, -0.2) is 0 Å². The lowest BCUT2D eigenvalue weighted by Gasteiger charge is -2.39. The largest absolute Gasteiger partial charge is 0.487 e. The topological polar surface area (TPSA) is 42.0 Å². The van der Waals surface area contributed by atoms with Crippen molar-refractivity contribution in [3.63, 3.8) is 0 Å². The van der Waals surface area contributed by atoms with Crippen LogP contribution in [0.4, 0.5) is 0 Å². The van der Waals surface area contributed by atoms with Gasteiger partial charge >= 0.3 is 0 Å². The second-order valence-electron chi connectivity index (χ2n) is 5.23. The molecule has 1 aromatic rings. The van der Waals surface area contributed by atoms with Gasteiger partial charge in [0.2, 0.25) is 5.91 Å². The van der Waals surface area contributed by atoms with Crippen LogP contribution in [0.3, 0.4) is 0 Å². The van der Waals surface area contributed by atoms with Gasteiger partial charge in [-0.1, -0.05) is 17.7 Å². The highest BCUT2D eigenvalue weighted by atomic mass is 35.5. The highest BCUT2D eigenvalue weighted by Crippen LogP contribution is 2.21. The highest BCUT2D eigenvalue weighted by molar-refractivity contribution is 6.30. The summed E-state index contributed by atoms with van der Waals surface area (Å²) < 4.78 is 10.8. The van der Waals surface area contributed by atoms with Crippen molar-refractivity contribution >= 4 is 17.5 Å². The molecule has 1 aliphatic rings. The zero-order valence-electron chi connectivity index (χ0n) is 12.4. The van der Waals surface area contributed by atoms with Crippen LogP contribution in [0, 0.1) is 0 Å². The first-order valence-corrected chi connectivity index (χ1v) is 7.33. The second-order valence-corrected chi connectivity index (χ2v) is 5.66. The number of benzene rings is 1. The SMILES string of the molecule is COCCN(C)CC(=O)N1CC(Oc2cccc(Cl)c2)C1. The van der Waals surface area contributed by atoms with E-state index in [0.717, 1.165) is 12.3 Å². The number of halogens is 1. The third-order valence-electron chi connectivity index (χ3n) is 3.38. The molecule has 0 bridgehead atoms. The summed E-state index contributed by atoms with van der Waals surface area (Å²) in [6.45, 7) is 3.04. The van der Waals surface area contributed by atoms with Gasteiger partial charge in [-0.15, -0.1) is 0 Å². The summed E-state index contributed by atoms with van der Waals surface area (Å²) in [4.78, 5) is 15.8. The van der Waals surface area contributed by atoms with E-state index in [2.05, 4.69) is 0 Å². The molecule has 0 unspecified atom stereocenters. The van der Waals surface area contributed by atoms with Crippen LogP contribution in [-0.4, -0.2) is 68.8 Å². The van der Waals surface area contributed by atoms with Gasteiger partial charge in [0.05, 0.1) is 26.2 Å². The van der Waals surface area contributed by atoms with Gasteiger partial charge in [0, 0.05) is 18.7 Å². The number of carbonyl (C=O) groups excluding carboxylic acids is 1. The lowest BCUT2D eigenvalue weighted by atomic mass is 10.1. The molecule has 1 fully saturated rings. The van der Waals surface area contributed by atoms with Crippen LogP contribution in [0.15, 0.2) is 24.3 Å². The van der Waals surface area contributed by atoms with Crippen molar-refractivity contribution in [1.82, 2.24) is 9.80 Å². The molecule has 1 heterocycles. The summed E-state index contributed by atoms with van der Waals surface area (Å²) in [5.74, 6) is 0.872. The minimum Gasteiger partial charge on any atom is -0.487 e. The van der Waals surface area contributed by atoms with E-state index in [1.54, 1.807) is 24.1 Å². The summed E-state index contributed by atoms with van der Waals surface area (Å²) >= 11 is 5.91. The Bertz CT molecular complexity index is 478. The molecule has 0 aromatic heterocycles. The Balaban J connectivity index is 1.70. The fourth-order valence-corrected chi connectivity index (χ4v) is 2.29. The maximum absolute atomic E-state index is 12.0. The third kappa shape index (κ3) is 4.88. The molecule has 1 saturated heterocycles. The summed E-state index contributed by atoms with van der Waals surface area (Å²) in [5, 5.41) is 0.652. The fraction of sp³-hybridized carbons (Fsp3) is 0.533. The summed E-state index contributed by atoms with van der Waals surface area (Å²) in [5.41, 5.74) is 0. The molecule has 0 atom stereocenters. The number of hydrogen-bond acceptors (Lipinski definition) is 4. The lowest BCUT2D eigenvalue weighted by molar-refractivity contribution is -0.141. The molecule has 1 aliphatic heterocycles.